The zero-order valence-electron chi connectivity index (χ0n) is 10.4. The summed E-state index contributed by atoms with van der Waals surface area (Å²) >= 11 is 4.25. The molecule has 0 saturated heterocycles. The minimum Gasteiger partial charge on any atom is -0.310 e. The van der Waals surface area contributed by atoms with E-state index in [1.165, 1.54) is 27.7 Å². The van der Waals surface area contributed by atoms with E-state index in [0.717, 1.165) is 12.5 Å². The average molecular weight is 351 g/mol. The maximum atomic E-state index is 3.66. The predicted octanol–water partition coefficient (Wildman–Crippen LogP) is 4.83. The summed E-state index contributed by atoms with van der Waals surface area (Å²) in [5, 5.41) is 5.96. The van der Waals surface area contributed by atoms with Gasteiger partial charge in [0.05, 0.1) is 2.88 Å². The molecule has 0 spiro atoms. The zero-order chi connectivity index (χ0) is 12.0. The van der Waals surface area contributed by atoms with E-state index in [2.05, 4.69) is 60.1 Å². The van der Waals surface area contributed by atoms with Crippen LogP contribution in [0.3, 0.4) is 0 Å². The van der Waals surface area contributed by atoms with Gasteiger partial charge in [-0.05, 0) is 71.3 Å². The second kappa shape index (κ2) is 7.67. The summed E-state index contributed by atoms with van der Waals surface area (Å²) in [6.07, 6.45) is 3.76. The molecule has 1 N–H and O–H groups in total. The van der Waals surface area contributed by atoms with E-state index in [-0.39, 0.29) is 0 Å². The van der Waals surface area contributed by atoms with Crippen LogP contribution in [0.5, 0.6) is 0 Å². The summed E-state index contributed by atoms with van der Waals surface area (Å²) in [5.74, 6) is 0.795. The zero-order valence-corrected chi connectivity index (χ0v) is 13.4. The van der Waals surface area contributed by atoms with Gasteiger partial charge in [-0.1, -0.05) is 20.8 Å². The molecule has 0 bridgehead atoms. The minimum atomic E-state index is 0.558. The molecule has 1 nitrogen and oxygen atoms in total. The Balaban J connectivity index is 2.55. The van der Waals surface area contributed by atoms with E-state index in [9.17, 15) is 0 Å². The van der Waals surface area contributed by atoms with E-state index >= 15 is 0 Å². The summed E-state index contributed by atoms with van der Waals surface area (Å²) in [6.45, 7) is 7.95. The molecular formula is C13H22INS. The largest absolute Gasteiger partial charge is 0.310 e. The van der Waals surface area contributed by atoms with Crippen molar-refractivity contribution in [2.45, 2.75) is 46.1 Å². The van der Waals surface area contributed by atoms with Gasteiger partial charge in [-0.15, -0.1) is 11.3 Å². The Morgan fingerprint density at radius 3 is 2.62 bits per heavy atom. The van der Waals surface area contributed by atoms with Gasteiger partial charge in [0.2, 0.25) is 0 Å². The molecule has 0 radical (unpaired) electrons. The molecule has 16 heavy (non-hydrogen) atoms. The highest BCUT2D eigenvalue weighted by molar-refractivity contribution is 14.1. The molecule has 0 aliphatic heterocycles. The third kappa shape index (κ3) is 5.15. The highest BCUT2D eigenvalue weighted by atomic mass is 127. The summed E-state index contributed by atoms with van der Waals surface area (Å²) < 4.78 is 1.39. The number of thiophene rings is 1. The third-order valence-corrected chi connectivity index (χ3v) is 4.47. The molecule has 0 amide bonds. The van der Waals surface area contributed by atoms with Crippen LogP contribution in [-0.2, 0) is 0 Å². The van der Waals surface area contributed by atoms with Crippen LogP contribution >= 0.6 is 33.9 Å². The number of halogens is 1. The van der Waals surface area contributed by atoms with E-state index in [1.54, 1.807) is 0 Å². The first-order chi connectivity index (χ1) is 7.63. The van der Waals surface area contributed by atoms with Crippen LogP contribution in [0.1, 0.15) is 51.6 Å². The van der Waals surface area contributed by atoms with Gasteiger partial charge in [-0.25, -0.2) is 0 Å². The molecule has 1 heterocycles. The Bertz CT molecular complexity index is 296. The lowest BCUT2D eigenvalue weighted by molar-refractivity contribution is 0.441. The van der Waals surface area contributed by atoms with Crippen molar-refractivity contribution in [2.75, 3.05) is 6.54 Å². The molecule has 0 fully saturated rings. The van der Waals surface area contributed by atoms with E-state index in [1.807, 2.05) is 11.3 Å². The summed E-state index contributed by atoms with van der Waals surface area (Å²) in [6, 6.07) is 2.88. The van der Waals surface area contributed by atoms with E-state index in [0.29, 0.717) is 6.04 Å². The van der Waals surface area contributed by atoms with Gasteiger partial charge in [-0.2, -0.15) is 0 Å². The second-order valence-electron chi connectivity index (χ2n) is 4.66. The van der Waals surface area contributed by atoms with Crippen molar-refractivity contribution in [3.63, 3.8) is 0 Å². The molecule has 1 atom stereocenters. The quantitative estimate of drug-likeness (QED) is 0.694. The Hall–Kier alpha value is 0.390. The molecule has 0 aromatic carbocycles. The van der Waals surface area contributed by atoms with Crippen molar-refractivity contribution < 1.29 is 0 Å². The van der Waals surface area contributed by atoms with Crippen molar-refractivity contribution in [2.24, 2.45) is 5.92 Å². The van der Waals surface area contributed by atoms with Crippen LogP contribution in [-0.4, -0.2) is 6.54 Å². The Morgan fingerprint density at radius 1 is 1.38 bits per heavy atom. The van der Waals surface area contributed by atoms with Crippen LogP contribution in [0, 0.1) is 8.80 Å². The molecule has 3 heteroatoms. The first kappa shape index (κ1) is 14.5. The number of nitrogens with one attached hydrogen (secondary N) is 1. The van der Waals surface area contributed by atoms with Crippen molar-refractivity contribution in [1.29, 1.82) is 0 Å². The van der Waals surface area contributed by atoms with E-state index < -0.39 is 0 Å². The normalized spacial score (nSPS) is 13.3. The third-order valence-electron chi connectivity index (χ3n) is 2.66. The maximum Gasteiger partial charge on any atom is 0.0656 e. The SMILES string of the molecule is CCCNC(CCC(C)C)c1csc(I)c1. The van der Waals surface area contributed by atoms with Crippen LogP contribution in [0.4, 0.5) is 0 Å². The topological polar surface area (TPSA) is 12.0 Å². The van der Waals surface area contributed by atoms with Gasteiger partial charge in [0.15, 0.2) is 0 Å². The molecule has 0 aliphatic rings. The fourth-order valence-corrected chi connectivity index (χ4v) is 3.14. The van der Waals surface area contributed by atoms with Crippen molar-refractivity contribution in [3.8, 4) is 0 Å². The summed E-state index contributed by atoms with van der Waals surface area (Å²) in [7, 11) is 0. The maximum absolute atomic E-state index is 3.66. The van der Waals surface area contributed by atoms with Gasteiger partial charge >= 0.3 is 0 Å². The fourth-order valence-electron chi connectivity index (χ4n) is 1.71. The smallest absolute Gasteiger partial charge is 0.0656 e. The van der Waals surface area contributed by atoms with Gasteiger partial charge in [0.1, 0.15) is 0 Å². The predicted molar refractivity (Wildman–Crippen MR) is 82.1 cm³/mol. The van der Waals surface area contributed by atoms with Gasteiger partial charge in [0, 0.05) is 6.04 Å². The van der Waals surface area contributed by atoms with Gasteiger partial charge < -0.3 is 5.32 Å². The monoisotopic (exact) mass is 351 g/mol. The Morgan fingerprint density at radius 2 is 2.12 bits per heavy atom. The molecular weight excluding hydrogens is 329 g/mol. The van der Waals surface area contributed by atoms with E-state index in [4.69, 9.17) is 0 Å². The first-order valence-electron chi connectivity index (χ1n) is 6.10. The standard InChI is InChI=1S/C13H22INS/c1-4-7-15-12(6-5-10(2)3)11-8-13(14)16-9-11/h8-10,12,15H,4-7H2,1-3H3. The molecule has 1 aromatic rings. The van der Waals surface area contributed by atoms with Crippen molar-refractivity contribution in [1.82, 2.24) is 5.32 Å². The van der Waals surface area contributed by atoms with Crippen LogP contribution in [0.2, 0.25) is 0 Å². The van der Waals surface area contributed by atoms with Crippen LogP contribution < -0.4 is 5.32 Å². The summed E-state index contributed by atoms with van der Waals surface area (Å²) in [4.78, 5) is 0. The van der Waals surface area contributed by atoms with Crippen molar-refractivity contribution in [3.05, 3.63) is 19.9 Å². The van der Waals surface area contributed by atoms with Crippen molar-refractivity contribution >= 4 is 33.9 Å². The fraction of sp³-hybridized carbons (Fsp3) is 0.692. The first-order valence-corrected chi connectivity index (χ1v) is 8.06. The highest BCUT2D eigenvalue weighted by Crippen LogP contribution is 2.26. The average Bonchev–Trinajstić information content (AvgIpc) is 2.64. The van der Waals surface area contributed by atoms with Crippen LogP contribution in [0.15, 0.2) is 11.4 Å². The summed E-state index contributed by atoms with van der Waals surface area (Å²) in [5.41, 5.74) is 1.48. The molecule has 1 rings (SSSR count). The minimum absolute atomic E-state index is 0.558. The Kier molecular flexibility index (Phi) is 6.92. The lowest BCUT2D eigenvalue weighted by atomic mass is 9.99. The molecule has 1 unspecified atom stereocenters. The number of rotatable bonds is 7. The number of hydrogen-bond acceptors (Lipinski definition) is 2. The highest BCUT2D eigenvalue weighted by Gasteiger charge is 2.12. The van der Waals surface area contributed by atoms with Gasteiger partial charge in [0.25, 0.3) is 0 Å². The number of hydrogen-bond donors (Lipinski definition) is 1. The molecule has 1 aromatic heterocycles. The second-order valence-corrected chi connectivity index (χ2v) is 7.47. The molecule has 0 saturated carbocycles. The Labute approximate surface area is 117 Å². The van der Waals surface area contributed by atoms with Gasteiger partial charge in [-0.3, -0.25) is 0 Å². The lowest BCUT2D eigenvalue weighted by Crippen LogP contribution is -2.22. The van der Waals surface area contributed by atoms with Crippen LogP contribution in [0.25, 0.3) is 0 Å². The lowest BCUT2D eigenvalue weighted by Gasteiger charge is -2.18. The molecule has 92 valence electrons. The molecule has 0 aliphatic carbocycles.